The van der Waals surface area contributed by atoms with Crippen molar-refractivity contribution >= 4 is 44.7 Å². The van der Waals surface area contributed by atoms with Crippen LogP contribution in [0.15, 0.2) is 17.6 Å². The van der Waals surface area contributed by atoms with Crippen molar-refractivity contribution in [1.29, 1.82) is 0 Å². The Morgan fingerprint density at radius 1 is 1.25 bits per heavy atom. The number of amides is 1. The van der Waals surface area contributed by atoms with Gasteiger partial charge in [-0.25, -0.2) is 9.78 Å². The van der Waals surface area contributed by atoms with Crippen LogP contribution in [-0.2, 0) is 16.0 Å². The van der Waals surface area contributed by atoms with Crippen LogP contribution in [0, 0.1) is 0 Å². The van der Waals surface area contributed by atoms with Gasteiger partial charge in [0.2, 0.25) is 5.91 Å². The molecule has 1 amide bonds. The van der Waals surface area contributed by atoms with Crippen LogP contribution in [0.3, 0.4) is 0 Å². The van der Waals surface area contributed by atoms with E-state index in [1.807, 2.05) is 24.6 Å². The van der Waals surface area contributed by atoms with E-state index in [4.69, 9.17) is 4.74 Å². The third-order valence-corrected chi connectivity index (χ3v) is 6.55. The molecule has 0 saturated carbocycles. The lowest BCUT2D eigenvalue weighted by atomic mass is 10.2. The van der Waals surface area contributed by atoms with Gasteiger partial charge in [-0.1, -0.05) is 6.92 Å². The second-order valence-corrected chi connectivity index (χ2v) is 8.52. The molecule has 0 radical (unpaired) electrons. The van der Waals surface area contributed by atoms with Gasteiger partial charge in [0, 0.05) is 42.6 Å². The van der Waals surface area contributed by atoms with Gasteiger partial charge in [-0.2, -0.15) is 0 Å². The minimum absolute atomic E-state index is 0.0993. The molecule has 28 heavy (non-hydrogen) atoms. The standard InChI is InChI=1S/C19H26N4O3S2/c1-3-14-12-15(18(25)26-4-2)17(28-14)21-16(24)13-22-7-5-8-23(10-9-22)19-20-6-11-27-19/h6,11-12H,3-5,7-10,13H2,1-2H3,(H,21,24). The average Bonchev–Trinajstić information content (AvgIpc) is 3.29. The first-order chi connectivity index (χ1) is 13.6. The lowest BCUT2D eigenvalue weighted by Crippen LogP contribution is -2.36. The molecule has 152 valence electrons. The summed E-state index contributed by atoms with van der Waals surface area (Å²) in [6.07, 6.45) is 3.62. The maximum absolute atomic E-state index is 12.6. The van der Waals surface area contributed by atoms with Crippen LogP contribution in [0.25, 0.3) is 0 Å². The number of rotatable bonds is 7. The molecule has 0 aliphatic carbocycles. The highest BCUT2D eigenvalue weighted by molar-refractivity contribution is 7.16. The third kappa shape index (κ3) is 5.30. The lowest BCUT2D eigenvalue weighted by molar-refractivity contribution is -0.117. The molecular weight excluding hydrogens is 396 g/mol. The Labute approximate surface area is 173 Å². The predicted molar refractivity (Wildman–Crippen MR) is 114 cm³/mol. The van der Waals surface area contributed by atoms with Crippen molar-refractivity contribution in [2.24, 2.45) is 0 Å². The average molecular weight is 423 g/mol. The molecule has 3 rings (SSSR count). The van der Waals surface area contributed by atoms with Gasteiger partial charge in [-0.05, 0) is 25.8 Å². The van der Waals surface area contributed by atoms with Crippen molar-refractivity contribution in [3.63, 3.8) is 0 Å². The SMILES string of the molecule is CCOC(=O)c1cc(CC)sc1NC(=O)CN1CCCN(c2nccs2)CC1. The summed E-state index contributed by atoms with van der Waals surface area (Å²) >= 11 is 3.08. The fraction of sp³-hybridized carbons (Fsp3) is 0.526. The van der Waals surface area contributed by atoms with Crippen LogP contribution in [0.2, 0.25) is 0 Å². The van der Waals surface area contributed by atoms with Crippen LogP contribution >= 0.6 is 22.7 Å². The third-order valence-electron chi connectivity index (χ3n) is 4.53. The predicted octanol–water partition coefficient (Wildman–Crippen LogP) is 3.09. The Bertz CT molecular complexity index is 791. The zero-order chi connectivity index (χ0) is 19.9. The molecule has 9 heteroatoms. The van der Waals surface area contributed by atoms with Gasteiger partial charge in [-0.15, -0.1) is 22.7 Å². The van der Waals surface area contributed by atoms with Crippen molar-refractivity contribution in [3.05, 3.63) is 28.1 Å². The highest BCUT2D eigenvalue weighted by atomic mass is 32.1. The second kappa shape index (κ2) is 9.99. The van der Waals surface area contributed by atoms with Gasteiger partial charge >= 0.3 is 5.97 Å². The number of nitrogens with one attached hydrogen (secondary N) is 1. The Hall–Kier alpha value is -1.97. The first-order valence-corrected chi connectivity index (χ1v) is 11.3. The van der Waals surface area contributed by atoms with Crippen LogP contribution in [0.1, 0.15) is 35.5 Å². The highest BCUT2D eigenvalue weighted by Crippen LogP contribution is 2.29. The van der Waals surface area contributed by atoms with Crippen molar-refractivity contribution in [2.45, 2.75) is 26.7 Å². The lowest BCUT2D eigenvalue weighted by Gasteiger charge is -2.21. The number of carbonyl (C=O) groups is 2. The monoisotopic (exact) mass is 422 g/mol. The Morgan fingerprint density at radius 3 is 2.82 bits per heavy atom. The molecular formula is C19H26N4O3S2. The number of aromatic nitrogens is 1. The minimum Gasteiger partial charge on any atom is -0.462 e. The number of esters is 1. The van der Waals surface area contributed by atoms with Gasteiger partial charge in [-0.3, -0.25) is 9.69 Å². The molecule has 1 aliphatic rings. The molecule has 1 fully saturated rings. The van der Waals surface area contributed by atoms with Crippen LogP contribution in [0.4, 0.5) is 10.1 Å². The maximum Gasteiger partial charge on any atom is 0.341 e. The molecule has 0 unspecified atom stereocenters. The number of hydrogen-bond donors (Lipinski definition) is 1. The molecule has 2 aromatic heterocycles. The Balaban J connectivity index is 1.58. The van der Waals surface area contributed by atoms with E-state index in [0.717, 1.165) is 49.0 Å². The van der Waals surface area contributed by atoms with E-state index in [2.05, 4.69) is 20.1 Å². The Morgan fingerprint density at radius 2 is 2.11 bits per heavy atom. The van der Waals surface area contributed by atoms with E-state index in [1.165, 1.54) is 11.3 Å². The second-order valence-electron chi connectivity index (χ2n) is 6.51. The van der Waals surface area contributed by atoms with E-state index in [-0.39, 0.29) is 11.9 Å². The van der Waals surface area contributed by atoms with Crippen molar-refractivity contribution in [3.8, 4) is 0 Å². The van der Waals surface area contributed by atoms with Gasteiger partial charge in [0.05, 0.1) is 18.7 Å². The largest absolute Gasteiger partial charge is 0.462 e. The number of aryl methyl sites for hydroxylation is 1. The molecule has 0 spiro atoms. The van der Waals surface area contributed by atoms with Crippen LogP contribution in [0.5, 0.6) is 0 Å². The van der Waals surface area contributed by atoms with Crippen molar-refractivity contribution < 1.29 is 14.3 Å². The number of ether oxygens (including phenoxy) is 1. The zero-order valence-electron chi connectivity index (χ0n) is 16.3. The van der Waals surface area contributed by atoms with Crippen LogP contribution < -0.4 is 10.2 Å². The quantitative estimate of drug-likeness (QED) is 0.691. The molecule has 0 atom stereocenters. The smallest absolute Gasteiger partial charge is 0.341 e. The first-order valence-electron chi connectivity index (χ1n) is 9.57. The summed E-state index contributed by atoms with van der Waals surface area (Å²) in [5.41, 5.74) is 0.447. The fourth-order valence-corrected chi connectivity index (χ4v) is 4.83. The number of thiophene rings is 1. The van der Waals surface area contributed by atoms with Crippen LogP contribution in [-0.4, -0.2) is 61.1 Å². The molecule has 1 N–H and O–H groups in total. The summed E-state index contributed by atoms with van der Waals surface area (Å²) in [5, 5.41) is 6.53. The number of anilines is 2. The molecule has 3 heterocycles. The normalized spacial score (nSPS) is 15.3. The summed E-state index contributed by atoms with van der Waals surface area (Å²) in [5.74, 6) is -0.486. The van der Waals surface area contributed by atoms with E-state index < -0.39 is 0 Å². The first kappa shape index (κ1) is 20.8. The number of hydrogen-bond acceptors (Lipinski definition) is 8. The summed E-state index contributed by atoms with van der Waals surface area (Å²) in [6.45, 7) is 7.90. The van der Waals surface area contributed by atoms with Gasteiger partial charge in [0.25, 0.3) is 0 Å². The van der Waals surface area contributed by atoms with E-state index in [0.29, 0.717) is 23.7 Å². The summed E-state index contributed by atoms with van der Waals surface area (Å²) in [6, 6.07) is 1.82. The van der Waals surface area contributed by atoms with E-state index in [1.54, 1.807) is 18.3 Å². The van der Waals surface area contributed by atoms with Gasteiger partial charge in [0.15, 0.2) is 5.13 Å². The maximum atomic E-state index is 12.6. The number of carbonyl (C=O) groups excluding carboxylic acids is 2. The fourth-order valence-electron chi connectivity index (χ4n) is 3.13. The summed E-state index contributed by atoms with van der Waals surface area (Å²) in [7, 11) is 0. The molecule has 7 nitrogen and oxygen atoms in total. The topological polar surface area (TPSA) is 74.8 Å². The molecule has 1 saturated heterocycles. The Kier molecular flexibility index (Phi) is 7.41. The van der Waals surface area contributed by atoms with Crippen molar-refractivity contribution in [2.75, 3.05) is 49.5 Å². The molecule has 1 aliphatic heterocycles. The number of nitrogens with zero attached hydrogens (tertiary/aromatic N) is 3. The zero-order valence-corrected chi connectivity index (χ0v) is 17.9. The molecule has 0 aromatic carbocycles. The highest BCUT2D eigenvalue weighted by Gasteiger charge is 2.21. The van der Waals surface area contributed by atoms with E-state index in [9.17, 15) is 9.59 Å². The molecule has 0 bridgehead atoms. The summed E-state index contributed by atoms with van der Waals surface area (Å²) in [4.78, 5) is 34.6. The van der Waals surface area contributed by atoms with Crippen molar-refractivity contribution in [1.82, 2.24) is 9.88 Å². The minimum atomic E-state index is -0.386. The number of thiazole rings is 1. The molecule has 2 aromatic rings. The summed E-state index contributed by atoms with van der Waals surface area (Å²) < 4.78 is 5.12. The van der Waals surface area contributed by atoms with Gasteiger partial charge in [0.1, 0.15) is 5.00 Å². The van der Waals surface area contributed by atoms with Gasteiger partial charge < -0.3 is 15.0 Å². The van der Waals surface area contributed by atoms with E-state index >= 15 is 0 Å².